The lowest BCUT2D eigenvalue weighted by molar-refractivity contribution is 0.0492. The van der Waals surface area contributed by atoms with E-state index in [1.54, 1.807) is 0 Å². The van der Waals surface area contributed by atoms with Crippen molar-refractivity contribution in [1.29, 1.82) is 0 Å². The Hall–Kier alpha value is -1.10. The van der Waals surface area contributed by atoms with Crippen LogP contribution in [0.25, 0.3) is 0 Å². The molecule has 1 aliphatic heterocycles. The van der Waals surface area contributed by atoms with Gasteiger partial charge in [-0.2, -0.15) is 0 Å². The molecule has 132 valence electrons. The Labute approximate surface area is 151 Å². The summed E-state index contributed by atoms with van der Waals surface area (Å²) >= 11 is 1.83. The summed E-state index contributed by atoms with van der Waals surface area (Å²) in [7, 11) is 0. The van der Waals surface area contributed by atoms with E-state index in [4.69, 9.17) is 4.74 Å². The van der Waals surface area contributed by atoms with Crippen LogP contribution in [0.4, 0.5) is 0 Å². The zero-order chi connectivity index (χ0) is 17.3. The molecule has 0 spiro atoms. The maximum atomic E-state index is 5.86. The summed E-state index contributed by atoms with van der Waals surface area (Å²) < 4.78 is 5.86. The fourth-order valence-corrected chi connectivity index (χ4v) is 3.94. The molecule has 2 heterocycles. The Morgan fingerprint density at radius 2 is 2.42 bits per heavy atom. The van der Waals surface area contributed by atoms with Gasteiger partial charge >= 0.3 is 0 Å². The van der Waals surface area contributed by atoms with E-state index in [2.05, 4.69) is 41.8 Å². The van der Waals surface area contributed by atoms with E-state index in [1.807, 2.05) is 36.3 Å². The van der Waals surface area contributed by atoms with Crippen molar-refractivity contribution in [1.82, 2.24) is 9.88 Å². The van der Waals surface area contributed by atoms with Crippen LogP contribution >= 0.6 is 11.8 Å². The topological polar surface area (TPSA) is 25.4 Å². The minimum Gasteiger partial charge on any atom is -0.381 e. The van der Waals surface area contributed by atoms with Gasteiger partial charge in [-0.3, -0.25) is 9.88 Å². The van der Waals surface area contributed by atoms with Gasteiger partial charge in [0.15, 0.2) is 0 Å². The number of ether oxygens (including phenoxy) is 1. The number of hydrogen-bond donors (Lipinski definition) is 0. The van der Waals surface area contributed by atoms with Crippen molar-refractivity contribution in [2.75, 3.05) is 32.6 Å². The van der Waals surface area contributed by atoms with Crippen molar-refractivity contribution in [3.63, 3.8) is 0 Å². The fourth-order valence-electron chi connectivity index (χ4n) is 3.40. The number of aromatic nitrogens is 1. The van der Waals surface area contributed by atoms with Gasteiger partial charge in [-0.1, -0.05) is 24.8 Å². The molecule has 1 aromatic heterocycles. The molecular formula is C20H30N2OS. The fraction of sp³-hybridized carbons (Fsp3) is 0.550. The molecule has 0 N–H and O–H groups in total. The minimum absolute atomic E-state index is 0.272. The standard InChI is InChI=1S/C20H30N2OS/c1-4-7-19(24-3)9-10-20(17-23-5-2)11-13-22(16-20)15-18-8-6-12-21-14-18/h4,6-8,12,14H,1,5,9-11,13,15-17H2,2-3H3/b19-7-/t20-/m1/s1. The maximum absolute atomic E-state index is 5.86. The Morgan fingerprint density at radius 3 is 3.08 bits per heavy atom. The van der Waals surface area contributed by atoms with Gasteiger partial charge in [-0.05, 0) is 55.5 Å². The summed E-state index contributed by atoms with van der Waals surface area (Å²) in [6.07, 6.45) is 13.5. The van der Waals surface area contributed by atoms with Crippen LogP contribution in [0.3, 0.4) is 0 Å². The van der Waals surface area contributed by atoms with Crippen molar-refractivity contribution < 1.29 is 4.74 Å². The van der Waals surface area contributed by atoms with E-state index in [-0.39, 0.29) is 5.41 Å². The predicted molar refractivity (Wildman–Crippen MR) is 104 cm³/mol. The molecule has 0 aromatic carbocycles. The Bertz CT molecular complexity index is 532. The first-order valence-corrected chi connectivity index (χ1v) is 9.98. The molecule has 0 saturated carbocycles. The van der Waals surface area contributed by atoms with Crippen LogP contribution in [0.15, 0.2) is 48.2 Å². The highest BCUT2D eigenvalue weighted by atomic mass is 32.2. The van der Waals surface area contributed by atoms with E-state index in [9.17, 15) is 0 Å². The lowest BCUT2D eigenvalue weighted by Crippen LogP contribution is -2.31. The second-order valence-electron chi connectivity index (χ2n) is 6.53. The molecule has 1 fully saturated rings. The number of thioether (sulfide) groups is 1. The number of likely N-dealkylation sites (tertiary alicyclic amines) is 1. The van der Waals surface area contributed by atoms with Crippen molar-refractivity contribution >= 4 is 11.8 Å². The third-order valence-electron chi connectivity index (χ3n) is 4.73. The quantitative estimate of drug-likeness (QED) is 0.582. The largest absolute Gasteiger partial charge is 0.381 e. The average molecular weight is 347 g/mol. The second kappa shape index (κ2) is 10.0. The third kappa shape index (κ3) is 5.76. The van der Waals surface area contributed by atoms with E-state index in [0.717, 1.165) is 39.3 Å². The summed E-state index contributed by atoms with van der Waals surface area (Å²) in [6.45, 7) is 10.8. The summed E-state index contributed by atoms with van der Waals surface area (Å²) in [4.78, 5) is 8.19. The van der Waals surface area contributed by atoms with E-state index < -0.39 is 0 Å². The number of nitrogens with zero attached hydrogens (tertiary/aromatic N) is 2. The molecule has 4 heteroatoms. The van der Waals surface area contributed by atoms with E-state index >= 15 is 0 Å². The molecule has 1 atom stereocenters. The molecule has 0 aliphatic carbocycles. The molecule has 0 unspecified atom stereocenters. The Kier molecular flexibility index (Phi) is 8.03. The highest BCUT2D eigenvalue weighted by Crippen LogP contribution is 2.38. The average Bonchev–Trinajstić information content (AvgIpc) is 3.01. The first kappa shape index (κ1) is 19.2. The van der Waals surface area contributed by atoms with Gasteiger partial charge in [-0.15, -0.1) is 11.8 Å². The van der Waals surface area contributed by atoms with Crippen molar-refractivity contribution in [2.24, 2.45) is 5.41 Å². The van der Waals surface area contributed by atoms with E-state index in [1.165, 1.54) is 23.3 Å². The third-order valence-corrected chi connectivity index (χ3v) is 5.59. The highest BCUT2D eigenvalue weighted by molar-refractivity contribution is 8.02. The number of rotatable bonds is 10. The molecule has 24 heavy (non-hydrogen) atoms. The lowest BCUT2D eigenvalue weighted by atomic mass is 9.83. The smallest absolute Gasteiger partial charge is 0.0535 e. The molecule has 0 radical (unpaired) electrons. The molecular weight excluding hydrogens is 316 g/mol. The second-order valence-corrected chi connectivity index (χ2v) is 7.46. The monoisotopic (exact) mass is 346 g/mol. The number of pyridine rings is 1. The van der Waals surface area contributed by atoms with Gasteiger partial charge in [0.1, 0.15) is 0 Å². The van der Waals surface area contributed by atoms with Gasteiger partial charge in [0.05, 0.1) is 6.61 Å². The van der Waals surface area contributed by atoms with Gasteiger partial charge in [0.2, 0.25) is 0 Å². The normalized spacial score (nSPS) is 22.0. The van der Waals surface area contributed by atoms with Crippen molar-refractivity contribution in [3.8, 4) is 0 Å². The van der Waals surface area contributed by atoms with E-state index in [0.29, 0.717) is 0 Å². The Morgan fingerprint density at radius 1 is 1.54 bits per heavy atom. The molecule has 1 aromatic rings. The molecule has 0 amide bonds. The zero-order valence-corrected chi connectivity index (χ0v) is 15.9. The molecule has 0 bridgehead atoms. The van der Waals surface area contributed by atoms with Crippen LogP contribution in [0.2, 0.25) is 0 Å². The predicted octanol–water partition coefficient (Wildman–Crippen LogP) is 4.52. The zero-order valence-electron chi connectivity index (χ0n) is 15.0. The summed E-state index contributed by atoms with van der Waals surface area (Å²) in [5.74, 6) is 0. The van der Waals surface area contributed by atoms with Crippen molar-refractivity contribution in [3.05, 3.63) is 53.7 Å². The van der Waals surface area contributed by atoms with Crippen molar-refractivity contribution in [2.45, 2.75) is 32.7 Å². The van der Waals surface area contributed by atoms with Gasteiger partial charge in [-0.25, -0.2) is 0 Å². The Balaban J connectivity index is 1.97. The number of allylic oxidation sites excluding steroid dienone is 3. The first-order chi connectivity index (χ1) is 11.7. The van der Waals surface area contributed by atoms with Crippen LogP contribution in [-0.4, -0.2) is 42.4 Å². The van der Waals surface area contributed by atoms with Gasteiger partial charge in [0.25, 0.3) is 0 Å². The van der Waals surface area contributed by atoms with Crippen LogP contribution in [0.1, 0.15) is 31.7 Å². The maximum Gasteiger partial charge on any atom is 0.0535 e. The van der Waals surface area contributed by atoms with Crippen LogP contribution < -0.4 is 0 Å². The van der Waals surface area contributed by atoms with Gasteiger partial charge in [0, 0.05) is 37.5 Å². The molecule has 2 rings (SSSR count). The van der Waals surface area contributed by atoms with Crippen LogP contribution in [-0.2, 0) is 11.3 Å². The molecule has 1 aliphatic rings. The van der Waals surface area contributed by atoms with Crippen LogP contribution in [0.5, 0.6) is 0 Å². The summed E-state index contributed by atoms with van der Waals surface area (Å²) in [5, 5.41) is 0. The first-order valence-electron chi connectivity index (χ1n) is 8.76. The molecule has 1 saturated heterocycles. The summed E-state index contributed by atoms with van der Waals surface area (Å²) in [6, 6.07) is 4.18. The summed E-state index contributed by atoms with van der Waals surface area (Å²) in [5.41, 5.74) is 1.56. The molecule has 3 nitrogen and oxygen atoms in total. The lowest BCUT2D eigenvalue weighted by Gasteiger charge is -2.29. The number of hydrogen-bond acceptors (Lipinski definition) is 4. The SMILES string of the molecule is C=C/C=C(/CC[C@@]1(COCC)CCN(Cc2cccnc2)C1)SC. The highest BCUT2D eigenvalue weighted by Gasteiger charge is 2.38. The van der Waals surface area contributed by atoms with Crippen LogP contribution in [0, 0.1) is 5.41 Å². The van der Waals surface area contributed by atoms with Gasteiger partial charge < -0.3 is 4.74 Å². The minimum atomic E-state index is 0.272.